The van der Waals surface area contributed by atoms with E-state index in [4.69, 9.17) is 11.6 Å². The molecule has 0 amide bonds. The van der Waals surface area contributed by atoms with Crippen LogP contribution in [0.4, 0.5) is 4.39 Å². The lowest BCUT2D eigenvalue weighted by Crippen LogP contribution is -2.03. The Kier molecular flexibility index (Phi) is 2.44. The molecule has 0 atom stereocenters. The number of aldehydes is 1. The highest BCUT2D eigenvalue weighted by atomic mass is 35.5. The van der Waals surface area contributed by atoms with Crippen LogP contribution in [0.15, 0.2) is 18.2 Å². The predicted octanol–water partition coefficient (Wildman–Crippen LogP) is 3.66. The maximum absolute atomic E-state index is 13.3. The second kappa shape index (κ2) is 3.84. The van der Waals surface area contributed by atoms with Gasteiger partial charge in [0.25, 0.3) is 0 Å². The largest absolute Gasteiger partial charge is 0.338 e. The van der Waals surface area contributed by atoms with E-state index in [2.05, 4.69) is 0 Å². The Balaban J connectivity index is 2.20. The van der Waals surface area contributed by atoms with Gasteiger partial charge in [0.15, 0.2) is 6.29 Å². The maximum atomic E-state index is 13.3. The third-order valence-corrected chi connectivity index (χ3v) is 3.52. The molecule has 0 N–H and O–H groups in total. The van der Waals surface area contributed by atoms with E-state index < -0.39 is 5.82 Å². The molecule has 1 aromatic carbocycles. The van der Waals surface area contributed by atoms with E-state index in [0.29, 0.717) is 11.6 Å². The van der Waals surface area contributed by atoms with Crippen molar-refractivity contribution in [1.29, 1.82) is 0 Å². The number of aromatic nitrogens is 1. The van der Waals surface area contributed by atoms with Gasteiger partial charge in [-0.15, -0.1) is 0 Å². The second-order valence-electron chi connectivity index (χ2n) is 4.57. The van der Waals surface area contributed by atoms with Gasteiger partial charge in [0, 0.05) is 11.9 Å². The molecule has 1 aliphatic rings. The summed E-state index contributed by atoms with van der Waals surface area (Å²) in [4.78, 5) is 11.0. The van der Waals surface area contributed by atoms with E-state index in [-0.39, 0.29) is 5.02 Å². The van der Waals surface area contributed by atoms with Gasteiger partial charge >= 0.3 is 0 Å². The molecule has 0 spiro atoms. The van der Waals surface area contributed by atoms with Crippen molar-refractivity contribution in [2.45, 2.75) is 19.4 Å². The van der Waals surface area contributed by atoms with E-state index in [1.54, 1.807) is 12.1 Å². The topological polar surface area (TPSA) is 22.0 Å². The van der Waals surface area contributed by atoms with E-state index in [9.17, 15) is 9.18 Å². The highest BCUT2D eigenvalue weighted by Gasteiger charge is 2.23. The molecule has 0 unspecified atom stereocenters. The smallest absolute Gasteiger partial charge is 0.166 e. The summed E-state index contributed by atoms with van der Waals surface area (Å²) in [6, 6.07) is 4.69. The minimum absolute atomic E-state index is 0.102. The summed E-state index contributed by atoms with van der Waals surface area (Å²) in [7, 11) is 0. The Hall–Kier alpha value is -1.35. The average Bonchev–Trinajstić information content (AvgIpc) is 3.06. The van der Waals surface area contributed by atoms with Gasteiger partial charge in [-0.2, -0.15) is 0 Å². The zero-order chi connectivity index (χ0) is 12.0. The number of nitrogens with zero attached hydrogens (tertiary/aromatic N) is 1. The molecule has 2 nitrogen and oxygen atoms in total. The predicted molar refractivity (Wildman–Crippen MR) is 65.0 cm³/mol. The van der Waals surface area contributed by atoms with Crippen LogP contribution in [0.25, 0.3) is 10.9 Å². The first-order valence-corrected chi connectivity index (χ1v) is 6.00. The highest BCUT2D eigenvalue weighted by Crippen LogP contribution is 2.34. The third-order valence-electron chi connectivity index (χ3n) is 3.23. The van der Waals surface area contributed by atoms with Gasteiger partial charge in [-0.05, 0) is 37.0 Å². The SMILES string of the molecule is O=Cc1cc2cc(F)c(Cl)cc2n1CC1CC1. The second-order valence-corrected chi connectivity index (χ2v) is 4.97. The van der Waals surface area contributed by atoms with Gasteiger partial charge in [0.05, 0.1) is 16.2 Å². The lowest BCUT2D eigenvalue weighted by molar-refractivity contribution is 0.111. The first-order valence-electron chi connectivity index (χ1n) is 5.62. The molecule has 0 aliphatic heterocycles. The Morgan fingerprint density at radius 3 is 2.82 bits per heavy atom. The third kappa shape index (κ3) is 1.84. The fraction of sp³-hybridized carbons (Fsp3) is 0.308. The van der Waals surface area contributed by atoms with Crippen LogP contribution in [0.2, 0.25) is 5.02 Å². The zero-order valence-electron chi connectivity index (χ0n) is 9.12. The zero-order valence-corrected chi connectivity index (χ0v) is 9.88. The van der Waals surface area contributed by atoms with E-state index in [1.807, 2.05) is 4.57 Å². The molecule has 3 rings (SSSR count). The number of fused-ring (bicyclic) bond motifs is 1. The molecule has 0 saturated heterocycles. The summed E-state index contributed by atoms with van der Waals surface area (Å²) in [6.07, 6.45) is 3.22. The van der Waals surface area contributed by atoms with Crippen LogP contribution in [-0.2, 0) is 6.54 Å². The fourth-order valence-corrected chi connectivity index (χ4v) is 2.30. The average molecular weight is 252 g/mol. The van der Waals surface area contributed by atoms with Crippen molar-refractivity contribution in [3.63, 3.8) is 0 Å². The number of rotatable bonds is 3. The fourth-order valence-electron chi connectivity index (χ4n) is 2.14. The number of carbonyl (C=O) groups is 1. The van der Waals surface area contributed by atoms with Crippen molar-refractivity contribution in [1.82, 2.24) is 4.57 Å². The van der Waals surface area contributed by atoms with Crippen molar-refractivity contribution in [2.75, 3.05) is 0 Å². The Labute approximate surface area is 103 Å². The molecule has 2 aromatic rings. The van der Waals surface area contributed by atoms with Crippen LogP contribution in [0, 0.1) is 11.7 Å². The van der Waals surface area contributed by atoms with Crippen LogP contribution >= 0.6 is 11.6 Å². The monoisotopic (exact) mass is 251 g/mol. The van der Waals surface area contributed by atoms with Crippen LogP contribution < -0.4 is 0 Å². The van der Waals surface area contributed by atoms with Gasteiger partial charge in [0.1, 0.15) is 5.82 Å². The molecule has 0 bridgehead atoms. The van der Waals surface area contributed by atoms with E-state index in [0.717, 1.165) is 23.7 Å². The Morgan fingerprint density at radius 1 is 1.41 bits per heavy atom. The van der Waals surface area contributed by atoms with Gasteiger partial charge in [0.2, 0.25) is 0 Å². The molecule has 17 heavy (non-hydrogen) atoms. The molecule has 0 radical (unpaired) electrons. The van der Waals surface area contributed by atoms with Crippen molar-refractivity contribution < 1.29 is 9.18 Å². The van der Waals surface area contributed by atoms with E-state index >= 15 is 0 Å². The van der Waals surface area contributed by atoms with Gasteiger partial charge < -0.3 is 4.57 Å². The summed E-state index contributed by atoms with van der Waals surface area (Å²) in [5.74, 6) is 0.202. The summed E-state index contributed by atoms with van der Waals surface area (Å²) in [5, 5.41) is 0.833. The quantitative estimate of drug-likeness (QED) is 0.763. The lowest BCUT2D eigenvalue weighted by atomic mass is 10.2. The first-order chi connectivity index (χ1) is 8.19. The molecule has 1 fully saturated rings. The summed E-state index contributed by atoms with van der Waals surface area (Å²) in [6.45, 7) is 0.819. The first kappa shape index (κ1) is 10.8. The summed E-state index contributed by atoms with van der Waals surface area (Å²) >= 11 is 5.79. The van der Waals surface area contributed by atoms with Crippen LogP contribution in [0.5, 0.6) is 0 Å². The minimum atomic E-state index is -0.444. The lowest BCUT2D eigenvalue weighted by Gasteiger charge is -2.06. The number of carbonyl (C=O) groups excluding carboxylic acids is 1. The minimum Gasteiger partial charge on any atom is -0.338 e. The number of benzene rings is 1. The standard InChI is InChI=1S/C13H11ClFNO/c14-11-5-13-9(4-12(11)15)3-10(7-17)16(13)6-8-1-2-8/h3-5,7-8H,1-2,6H2. The van der Waals surface area contributed by atoms with E-state index in [1.165, 1.54) is 18.9 Å². The molecule has 1 saturated carbocycles. The summed E-state index contributed by atoms with van der Waals surface area (Å²) < 4.78 is 15.3. The number of halogens is 2. The van der Waals surface area contributed by atoms with Crippen LogP contribution in [-0.4, -0.2) is 10.9 Å². The van der Waals surface area contributed by atoms with Gasteiger partial charge in [-0.25, -0.2) is 4.39 Å². The van der Waals surface area contributed by atoms with Crippen LogP contribution in [0.3, 0.4) is 0 Å². The molecular formula is C13H11ClFNO. The van der Waals surface area contributed by atoms with Gasteiger partial charge in [-0.3, -0.25) is 4.79 Å². The van der Waals surface area contributed by atoms with Crippen LogP contribution in [0.1, 0.15) is 23.3 Å². The van der Waals surface area contributed by atoms with Crippen molar-refractivity contribution in [3.8, 4) is 0 Å². The van der Waals surface area contributed by atoms with Crippen molar-refractivity contribution in [2.24, 2.45) is 5.92 Å². The Morgan fingerprint density at radius 2 is 2.18 bits per heavy atom. The normalized spacial score (nSPS) is 15.4. The van der Waals surface area contributed by atoms with Gasteiger partial charge in [-0.1, -0.05) is 11.6 Å². The molecule has 4 heteroatoms. The summed E-state index contributed by atoms with van der Waals surface area (Å²) in [5.41, 5.74) is 1.43. The molecule has 1 aromatic heterocycles. The van der Waals surface area contributed by atoms with Crippen molar-refractivity contribution in [3.05, 3.63) is 34.7 Å². The highest BCUT2D eigenvalue weighted by molar-refractivity contribution is 6.31. The molecule has 1 heterocycles. The molecule has 88 valence electrons. The molecule has 1 aliphatic carbocycles. The number of hydrogen-bond acceptors (Lipinski definition) is 1. The van der Waals surface area contributed by atoms with Crippen molar-refractivity contribution >= 4 is 28.8 Å². The molecular weight excluding hydrogens is 241 g/mol. The Bertz CT molecular complexity index is 601. The maximum Gasteiger partial charge on any atom is 0.166 e. The number of hydrogen-bond donors (Lipinski definition) is 0.